The molecule has 1 heterocycles. The predicted octanol–water partition coefficient (Wildman–Crippen LogP) is 3.56. The van der Waals surface area contributed by atoms with Crippen molar-refractivity contribution in [3.8, 4) is 0 Å². The third kappa shape index (κ3) is 2.65. The molecule has 5 heteroatoms. The molecular weight excluding hydrogens is 326 g/mol. The monoisotopic (exact) mass is 351 g/mol. The lowest BCUT2D eigenvalue weighted by Crippen LogP contribution is -2.37. The van der Waals surface area contributed by atoms with Crippen molar-refractivity contribution in [3.05, 3.63) is 40.3 Å². The smallest absolute Gasteiger partial charge is 0.273 e. The van der Waals surface area contributed by atoms with Crippen molar-refractivity contribution in [3.63, 3.8) is 0 Å². The fourth-order valence-electron chi connectivity index (χ4n) is 5.30. The van der Waals surface area contributed by atoms with Crippen molar-refractivity contribution in [2.24, 2.45) is 17.8 Å². The molecule has 0 spiro atoms. The summed E-state index contributed by atoms with van der Waals surface area (Å²) < 4.78 is 0. The first-order valence-electron chi connectivity index (χ1n) is 10.0. The van der Waals surface area contributed by atoms with Crippen molar-refractivity contribution in [2.45, 2.75) is 57.3 Å². The molecule has 3 atom stereocenters. The first-order valence-corrected chi connectivity index (χ1v) is 10.0. The van der Waals surface area contributed by atoms with Gasteiger partial charge in [0.15, 0.2) is 0 Å². The molecule has 5 nitrogen and oxygen atoms in total. The quantitative estimate of drug-likeness (QED) is 0.916. The number of carbonyl (C=O) groups is 1. The van der Waals surface area contributed by atoms with Crippen LogP contribution in [0.3, 0.4) is 0 Å². The Morgan fingerprint density at radius 3 is 2.58 bits per heavy atom. The Labute approximate surface area is 152 Å². The lowest BCUT2D eigenvalue weighted by Gasteiger charge is -2.26. The van der Waals surface area contributed by atoms with E-state index in [1.807, 2.05) is 24.3 Å². The van der Waals surface area contributed by atoms with Gasteiger partial charge in [0.05, 0.1) is 11.1 Å². The van der Waals surface area contributed by atoms with Crippen LogP contribution in [0.2, 0.25) is 0 Å². The normalized spacial score (nSPS) is 27.6. The van der Waals surface area contributed by atoms with E-state index in [1.165, 1.54) is 36.9 Å². The van der Waals surface area contributed by atoms with Crippen molar-refractivity contribution in [1.29, 1.82) is 0 Å². The first kappa shape index (κ1) is 16.0. The van der Waals surface area contributed by atoms with Crippen LogP contribution in [0, 0.1) is 17.8 Å². The fraction of sp³-hybridized carbons (Fsp3) is 0.571. The van der Waals surface area contributed by atoms with Gasteiger partial charge in [0.25, 0.3) is 5.56 Å². The van der Waals surface area contributed by atoms with E-state index in [1.54, 1.807) is 0 Å². The fourth-order valence-corrected chi connectivity index (χ4v) is 5.30. The molecule has 26 heavy (non-hydrogen) atoms. The van der Waals surface area contributed by atoms with E-state index < -0.39 is 0 Å². The number of nitrogens with one attached hydrogen (secondary N) is 1. The summed E-state index contributed by atoms with van der Waals surface area (Å²) in [5.41, 5.74) is 3.51. The van der Waals surface area contributed by atoms with Crippen molar-refractivity contribution < 1.29 is 4.79 Å². The van der Waals surface area contributed by atoms with Crippen LogP contribution in [0.15, 0.2) is 29.1 Å². The van der Waals surface area contributed by atoms with Gasteiger partial charge in [-0.2, -0.15) is 5.10 Å². The molecule has 0 radical (unpaired) electrons. The zero-order valence-corrected chi connectivity index (χ0v) is 15.0. The SMILES string of the molecule is O=C(C[C@@H]1C[C@H]2CC[C@H]1C2)Nn1nc(C2CCC2)c2ccccc2c1=O. The minimum absolute atomic E-state index is 0.0769. The molecule has 0 unspecified atom stereocenters. The third-order valence-corrected chi connectivity index (χ3v) is 6.89. The van der Waals surface area contributed by atoms with Gasteiger partial charge < -0.3 is 0 Å². The molecule has 1 N–H and O–H groups in total. The molecule has 0 aliphatic heterocycles. The number of fused-ring (bicyclic) bond motifs is 3. The van der Waals surface area contributed by atoms with E-state index >= 15 is 0 Å². The Morgan fingerprint density at radius 2 is 1.92 bits per heavy atom. The van der Waals surface area contributed by atoms with E-state index in [0.717, 1.165) is 29.8 Å². The van der Waals surface area contributed by atoms with E-state index in [9.17, 15) is 9.59 Å². The number of aromatic nitrogens is 2. The lowest BCUT2D eigenvalue weighted by molar-refractivity contribution is -0.118. The topological polar surface area (TPSA) is 64.0 Å². The number of carbonyl (C=O) groups excluding carboxylic acids is 1. The number of hydrogen-bond acceptors (Lipinski definition) is 3. The van der Waals surface area contributed by atoms with Gasteiger partial charge in [-0.15, -0.1) is 4.79 Å². The molecule has 5 rings (SSSR count). The maximum Gasteiger partial charge on any atom is 0.294 e. The number of nitrogens with zero attached hydrogens (tertiary/aromatic N) is 2. The molecule has 3 fully saturated rings. The van der Waals surface area contributed by atoms with Crippen molar-refractivity contribution in [2.75, 3.05) is 5.43 Å². The van der Waals surface area contributed by atoms with Gasteiger partial charge in [-0.25, -0.2) is 5.43 Å². The van der Waals surface area contributed by atoms with Crippen LogP contribution in [-0.2, 0) is 4.79 Å². The summed E-state index contributed by atoms with van der Waals surface area (Å²) >= 11 is 0. The maximum absolute atomic E-state index is 12.8. The molecule has 1 aromatic heterocycles. The van der Waals surface area contributed by atoms with Crippen LogP contribution in [0.25, 0.3) is 10.8 Å². The molecule has 3 saturated carbocycles. The van der Waals surface area contributed by atoms with Gasteiger partial charge in [0.1, 0.15) is 0 Å². The Hall–Kier alpha value is -2.17. The Balaban J connectivity index is 1.42. The minimum atomic E-state index is -0.232. The molecule has 0 saturated heterocycles. The number of benzene rings is 1. The molecule has 2 bridgehead atoms. The second kappa shape index (κ2) is 6.22. The largest absolute Gasteiger partial charge is 0.294 e. The summed E-state index contributed by atoms with van der Waals surface area (Å²) in [6.07, 6.45) is 8.99. The molecule has 3 aliphatic rings. The summed E-state index contributed by atoms with van der Waals surface area (Å²) in [7, 11) is 0. The molecule has 3 aliphatic carbocycles. The predicted molar refractivity (Wildman–Crippen MR) is 101 cm³/mol. The van der Waals surface area contributed by atoms with Crippen LogP contribution in [0.5, 0.6) is 0 Å². The highest BCUT2D eigenvalue weighted by atomic mass is 16.2. The van der Waals surface area contributed by atoms with E-state index in [4.69, 9.17) is 0 Å². The lowest BCUT2D eigenvalue weighted by atomic mass is 9.81. The highest BCUT2D eigenvalue weighted by Crippen LogP contribution is 2.49. The minimum Gasteiger partial charge on any atom is -0.273 e. The second-order valence-corrected chi connectivity index (χ2v) is 8.45. The molecule has 1 aromatic carbocycles. The average Bonchev–Trinajstić information content (AvgIpc) is 3.20. The highest BCUT2D eigenvalue weighted by Gasteiger charge is 2.40. The van der Waals surface area contributed by atoms with Gasteiger partial charge >= 0.3 is 0 Å². The maximum atomic E-state index is 12.8. The van der Waals surface area contributed by atoms with Crippen LogP contribution >= 0.6 is 0 Å². The van der Waals surface area contributed by atoms with Gasteiger partial charge in [-0.05, 0) is 55.9 Å². The van der Waals surface area contributed by atoms with Crippen molar-refractivity contribution in [1.82, 2.24) is 9.89 Å². The summed E-state index contributed by atoms with van der Waals surface area (Å²) in [5.74, 6) is 2.33. The molecule has 1 amide bonds. The Kier molecular flexibility index (Phi) is 3.84. The van der Waals surface area contributed by atoms with Gasteiger partial charge in [-0.3, -0.25) is 9.59 Å². The van der Waals surface area contributed by atoms with Crippen LogP contribution in [0.4, 0.5) is 0 Å². The van der Waals surface area contributed by atoms with E-state index in [0.29, 0.717) is 29.6 Å². The Morgan fingerprint density at radius 1 is 1.12 bits per heavy atom. The first-order chi connectivity index (χ1) is 12.7. The van der Waals surface area contributed by atoms with E-state index in [2.05, 4.69) is 10.5 Å². The van der Waals surface area contributed by atoms with Crippen LogP contribution < -0.4 is 11.0 Å². The Bertz CT molecular complexity index is 915. The molecule has 136 valence electrons. The van der Waals surface area contributed by atoms with Gasteiger partial charge in [0, 0.05) is 17.7 Å². The summed E-state index contributed by atoms with van der Waals surface area (Å²) in [5, 5.41) is 6.13. The zero-order chi connectivity index (χ0) is 17.7. The third-order valence-electron chi connectivity index (χ3n) is 6.89. The van der Waals surface area contributed by atoms with Crippen molar-refractivity contribution >= 4 is 16.7 Å². The number of amides is 1. The van der Waals surface area contributed by atoms with Crippen LogP contribution in [-0.4, -0.2) is 15.8 Å². The highest BCUT2D eigenvalue weighted by molar-refractivity contribution is 5.86. The van der Waals surface area contributed by atoms with Gasteiger partial charge in [0.2, 0.25) is 5.91 Å². The number of hydrogen-bond donors (Lipinski definition) is 1. The number of rotatable bonds is 4. The summed E-state index contributed by atoms with van der Waals surface area (Å²) in [6.45, 7) is 0. The second-order valence-electron chi connectivity index (χ2n) is 8.45. The van der Waals surface area contributed by atoms with Gasteiger partial charge in [-0.1, -0.05) is 31.0 Å². The average molecular weight is 351 g/mol. The zero-order valence-electron chi connectivity index (χ0n) is 15.0. The van der Waals surface area contributed by atoms with E-state index in [-0.39, 0.29) is 11.5 Å². The molecular formula is C21H25N3O2. The standard InChI is InChI=1S/C21H25N3O2/c25-19(12-16-11-13-8-9-15(16)10-13)22-24-21(26)18-7-2-1-6-17(18)20(23-24)14-4-3-5-14/h1-2,6-7,13-16H,3-5,8-12H2,(H,22,25)/t13-,15-,16-/m0/s1. The molecule has 2 aromatic rings. The summed E-state index contributed by atoms with van der Waals surface area (Å²) in [6, 6.07) is 7.62. The van der Waals surface area contributed by atoms with Crippen LogP contribution in [0.1, 0.15) is 63.0 Å². The summed E-state index contributed by atoms with van der Waals surface area (Å²) in [4.78, 5) is 26.6.